The van der Waals surface area contributed by atoms with Crippen LogP contribution in [0.25, 0.3) is 0 Å². The molecule has 4 nitrogen and oxygen atoms in total. The number of carbonyl (C=O) groups excluding carboxylic acids is 2. The molecular formula is C18H32Cl2N2O2. The van der Waals surface area contributed by atoms with E-state index in [1.54, 1.807) is 0 Å². The van der Waals surface area contributed by atoms with Crippen LogP contribution in [0, 0.1) is 23.7 Å². The SMILES string of the molecule is CC(C)C1CCNC(=O)C(Cl)(Cl)C1.CC(C)C1CCNC(=O)CC1. The van der Waals surface area contributed by atoms with Crippen LogP contribution >= 0.6 is 23.2 Å². The molecule has 0 saturated carbocycles. The average Bonchev–Trinajstić information content (AvgIpc) is 2.77. The van der Waals surface area contributed by atoms with Crippen LogP contribution in [0.4, 0.5) is 0 Å². The predicted octanol–water partition coefficient (Wildman–Crippen LogP) is 3.90. The Balaban J connectivity index is 0.000000243. The molecule has 0 aromatic heterocycles. The van der Waals surface area contributed by atoms with Gasteiger partial charge in [-0.2, -0.15) is 0 Å². The Morgan fingerprint density at radius 3 is 2.04 bits per heavy atom. The molecule has 2 fully saturated rings. The molecule has 2 unspecified atom stereocenters. The Kier molecular flexibility index (Phi) is 8.86. The van der Waals surface area contributed by atoms with Gasteiger partial charge in [-0.15, -0.1) is 0 Å². The Bertz CT molecular complexity index is 425. The second-order valence-electron chi connectivity index (χ2n) is 7.64. The zero-order chi connectivity index (χ0) is 18.3. The number of rotatable bonds is 2. The molecule has 0 radical (unpaired) electrons. The van der Waals surface area contributed by atoms with Crippen molar-refractivity contribution in [3.8, 4) is 0 Å². The van der Waals surface area contributed by atoms with Gasteiger partial charge >= 0.3 is 0 Å². The van der Waals surface area contributed by atoms with Gasteiger partial charge in [0.15, 0.2) is 4.33 Å². The van der Waals surface area contributed by atoms with Gasteiger partial charge in [0.05, 0.1) is 0 Å². The van der Waals surface area contributed by atoms with Gasteiger partial charge in [0, 0.05) is 19.5 Å². The molecule has 6 heteroatoms. The first-order valence-electron chi connectivity index (χ1n) is 9.06. The lowest BCUT2D eigenvalue weighted by Gasteiger charge is -2.22. The van der Waals surface area contributed by atoms with Crippen molar-refractivity contribution in [1.82, 2.24) is 10.6 Å². The minimum absolute atomic E-state index is 0.230. The molecule has 2 aliphatic rings. The molecule has 2 N–H and O–H groups in total. The zero-order valence-electron chi connectivity index (χ0n) is 15.3. The van der Waals surface area contributed by atoms with Crippen LogP contribution in [0.3, 0.4) is 0 Å². The van der Waals surface area contributed by atoms with E-state index < -0.39 is 4.33 Å². The zero-order valence-corrected chi connectivity index (χ0v) is 16.8. The standard InChI is InChI=1S/C9H15Cl2NO.C9H17NO/c1-6(2)7-3-4-12-8(13)9(10,11)5-7;1-7(2)8-3-4-9(11)10-6-5-8/h6-7H,3-5H2,1-2H3,(H,12,13);7-8H,3-6H2,1-2H3,(H,10,11). The third-order valence-electron chi connectivity index (χ3n) is 5.12. The Morgan fingerprint density at radius 2 is 1.46 bits per heavy atom. The van der Waals surface area contributed by atoms with Crippen molar-refractivity contribution in [2.45, 2.75) is 64.1 Å². The Labute approximate surface area is 156 Å². The minimum Gasteiger partial charge on any atom is -0.356 e. The molecule has 0 bridgehead atoms. The number of alkyl halides is 2. The highest BCUT2D eigenvalue weighted by Gasteiger charge is 2.39. The summed E-state index contributed by atoms with van der Waals surface area (Å²) in [6.45, 7) is 10.3. The van der Waals surface area contributed by atoms with Gasteiger partial charge in [0.1, 0.15) is 0 Å². The fraction of sp³-hybridized carbons (Fsp3) is 0.889. The highest BCUT2D eigenvalue weighted by molar-refractivity contribution is 6.58. The summed E-state index contributed by atoms with van der Waals surface area (Å²) in [5.74, 6) is 2.39. The molecule has 2 heterocycles. The lowest BCUT2D eigenvalue weighted by molar-refractivity contribution is -0.122. The molecule has 0 aromatic carbocycles. The van der Waals surface area contributed by atoms with E-state index >= 15 is 0 Å². The number of hydrogen-bond acceptors (Lipinski definition) is 2. The first kappa shape index (κ1) is 21.6. The van der Waals surface area contributed by atoms with E-state index in [1.807, 2.05) is 0 Å². The van der Waals surface area contributed by atoms with Crippen molar-refractivity contribution < 1.29 is 9.59 Å². The summed E-state index contributed by atoms with van der Waals surface area (Å²) < 4.78 is -1.23. The van der Waals surface area contributed by atoms with Gasteiger partial charge in [0.2, 0.25) is 5.91 Å². The van der Waals surface area contributed by atoms with E-state index in [0.717, 1.165) is 44.1 Å². The molecule has 2 rings (SSSR count). The lowest BCUT2D eigenvalue weighted by atomic mass is 9.89. The summed E-state index contributed by atoms with van der Waals surface area (Å²) in [4.78, 5) is 22.3. The largest absolute Gasteiger partial charge is 0.356 e. The van der Waals surface area contributed by atoms with Gasteiger partial charge < -0.3 is 10.6 Å². The van der Waals surface area contributed by atoms with Crippen LogP contribution in [0.2, 0.25) is 0 Å². The van der Waals surface area contributed by atoms with E-state index in [-0.39, 0.29) is 11.8 Å². The second kappa shape index (κ2) is 9.86. The van der Waals surface area contributed by atoms with Crippen LogP contribution in [-0.2, 0) is 9.59 Å². The molecule has 2 atom stereocenters. The van der Waals surface area contributed by atoms with Crippen LogP contribution in [-0.4, -0.2) is 29.2 Å². The average molecular weight is 379 g/mol. The van der Waals surface area contributed by atoms with E-state index in [4.69, 9.17) is 23.2 Å². The number of nitrogens with one attached hydrogen (secondary N) is 2. The van der Waals surface area contributed by atoms with Crippen molar-refractivity contribution >= 4 is 35.0 Å². The topological polar surface area (TPSA) is 58.2 Å². The summed E-state index contributed by atoms with van der Waals surface area (Å²) >= 11 is 11.8. The maximum atomic E-state index is 11.3. The summed E-state index contributed by atoms with van der Waals surface area (Å²) in [6.07, 6.45) is 4.47. The van der Waals surface area contributed by atoms with Gasteiger partial charge in [0.25, 0.3) is 5.91 Å². The second-order valence-corrected chi connectivity index (χ2v) is 9.12. The molecule has 2 amide bonds. The van der Waals surface area contributed by atoms with Crippen molar-refractivity contribution in [3.05, 3.63) is 0 Å². The molecule has 0 aliphatic carbocycles. The molecule has 24 heavy (non-hydrogen) atoms. The third kappa shape index (κ3) is 7.18. The first-order valence-corrected chi connectivity index (χ1v) is 9.82. The smallest absolute Gasteiger partial charge is 0.256 e. The molecule has 2 saturated heterocycles. The van der Waals surface area contributed by atoms with Crippen molar-refractivity contribution in [2.75, 3.05) is 13.1 Å². The number of hydrogen-bond donors (Lipinski definition) is 2. The van der Waals surface area contributed by atoms with E-state index in [2.05, 4.69) is 38.3 Å². The monoisotopic (exact) mass is 378 g/mol. The molecule has 0 spiro atoms. The Hall–Kier alpha value is -0.480. The van der Waals surface area contributed by atoms with E-state index in [9.17, 15) is 9.59 Å². The van der Waals surface area contributed by atoms with E-state index in [0.29, 0.717) is 24.8 Å². The van der Waals surface area contributed by atoms with Crippen molar-refractivity contribution in [3.63, 3.8) is 0 Å². The predicted molar refractivity (Wildman–Crippen MR) is 100 cm³/mol. The summed E-state index contributed by atoms with van der Waals surface area (Å²) in [5.41, 5.74) is 0. The van der Waals surface area contributed by atoms with Crippen molar-refractivity contribution in [2.24, 2.45) is 23.7 Å². The molecule has 0 aromatic rings. The molecule has 140 valence electrons. The fourth-order valence-electron chi connectivity index (χ4n) is 3.21. The minimum atomic E-state index is -1.23. The van der Waals surface area contributed by atoms with Gasteiger partial charge in [-0.25, -0.2) is 0 Å². The van der Waals surface area contributed by atoms with Gasteiger partial charge in [-0.05, 0) is 49.4 Å². The maximum Gasteiger partial charge on any atom is 0.256 e. The van der Waals surface area contributed by atoms with Crippen LogP contribution < -0.4 is 10.6 Å². The molecule has 2 aliphatic heterocycles. The maximum absolute atomic E-state index is 11.3. The third-order valence-corrected chi connectivity index (χ3v) is 5.77. The first-order chi connectivity index (χ1) is 11.1. The highest BCUT2D eigenvalue weighted by atomic mass is 35.5. The Morgan fingerprint density at radius 1 is 0.917 bits per heavy atom. The normalized spacial score (nSPS) is 27.5. The van der Waals surface area contributed by atoms with Crippen LogP contribution in [0.15, 0.2) is 0 Å². The lowest BCUT2D eigenvalue weighted by Crippen LogP contribution is -2.36. The van der Waals surface area contributed by atoms with Gasteiger partial charge in [-0.1, -0.05) is 50.9 Å². The molecular weight excluding hydrogens is 347 g/mol. The number of amides is 2. The quantitative estimate of drug-likeness (QED) is 0.715. The summed E-state index contributed by atoms with van der Waals surface area (Å²) in [6, 6.07) is 0. The summed E-state index contributed by atoms with van der Waals surface area (Å²) in [7, 11) is 0. The fourth-order valence-corrected chi connectivity index (χ4v) is 3.74. The number of carbonyl (C=O) groups is 2. The van der Waals surface area contributed by atoms with Crippen molar-refractivity contribution in [1.29, 1.82) is 0 Å². The van der Waals surface area contributed by atoms with Crippen LogP contribution in [0.5, 0.6) is 0 Å². The van der Waals surface area contributed by atoms with Gasteiger partial charge in [-0.3, -0.25) is 9.59 Å². The highest BCUT2D eigenvalue weighted by Crippen LogP contribution is 2.35. The number of halogens is 2. The van der Waals surface area contributed by atoms with E-state index in [1.165, 1.54) is 0 Å². The summed E-state index contributed by atoms with van der Waals surface area (Å²) in [5, 5.41) is 5.61. The van der Waals surface area contributed by atoms with Crippen LogP contribution in [0.1, 0.15) is 59.8 Å².